The monoisotopic (exact) mass is 1360 g/mol. The summed E-state index contributed by atoms with van der Waals surface area (Å²) in [7, 11) is 1.95. The summed E-state index contributed by atoms with van der Waals surface area (Å²) in [5.41, 5.74) is 0. The lowest BCUT2D eigenvalue weighted by Crippen LogP contribution is -2.29. The zero-order chi connectivity index (χ0) is 70.5. The van der Waals surface area contributed by atoms with Crippen LogP contribution in [0.2, 0.25) is 0 Å². The first kappa shape index (κ1) is 95.8. The Labute approximate surface area is 597 Å². The second-order valence-corrected chi connectivity index (χ2v) is 29.2. The first-order valence-electron chi connectivity index (χ1n) is 42.5. The van der Waals surface area contributed by atoms with Crippen LogP contribution in [0.15, 0.2) is 0 Å². The number of esters is 3. The average Bonchev–Trinajstić information content (AvgIpc) is 3.78. The summed E-state index contributed by atoms with van der Waals surface area (Å²) in [6, 6.07) is 0. The highest BCUT2D eigenvalue weighted by Gasteiger charge is 2.17. The summed E-state index contributed by atoms with van der Waals surface area (Å²) in [5.74, 6) is 0.284. The van der Waals surface area contributed by atoms with Gasteiger partial charge in [-0.25, -0.2) is 0 Å². The average molecular weight is 1360 g/mol. The van der Waals surface area contributed by atoms with E-state index in [9.17, 15) is 29.4 Å². The number of nitrogens with zero attached hydrogens (tertiary/aromatic N) is 3. The van der Waals surface area contributed by atoms with Crippen molar-refractivity contribution in [2.75, 3.05) is 72.7 Å². The van der Waals surface area contributed by atoms with Gasteiger partial charge in [-0.15, -0.1) is 0 Å². The molecule has 0 heterocycles. The Morgan fingerprint density at radius 1 is 0.271 bits per heavy atom. The van der Waals surface area contributed by atoms with Gasteiger partial charge in [0.15, 0.2) is 0 Å². The lowest BCUT2D eigenvalue weighted by Gasteiger charge is -2.21. The molecule has 0 unspecified atom stereocenters. The number of rotatable bonds is 77. The van der Waals surface area contributed by atoms with Gasteiger partial charge in [0.2, 0.25) is 5.91 Å². The molecule has 0 aromatic heterocycles. The molecular formula is C84H167N3O9. The van der Waals surface area contributed by atoms with Gasteiger partial charge >= 0.3 is 17.9 Å². The molecule has 572 valence electrons. The maximum absolute atomic E-state index is 12.7. The van der Waals surface area contributed by atoms with Crippen LogP contribution < -0.4 is 0 Å². The van der Waals surface area contributed by atoms with Crippen LogP contribution in [0, 0.1) is 0 Å². The van der Waals surface area contributed by atoms with Gasteiger partial charge in [-0.05, 0) is 142 Å². The normalized spacial score (nSPS) is 11.6. The van der Waals surface area contributed by atoms with Crippen molar-refractivity contribution < 1.29 is 43.6 Å². The number of ether oxygens (including phenoxy) is 3. The molecule has 12 heteroatoms. The van der Waals surface area contributed by atoms with Crippen molar-refractivity contribution in [3.8, 4) is 0 Å². The molecule has 0 aliphatic rings. The molecule has 0 aliphatic heterocycles. The van der Waals surface area contributed by atoms with Crippen molar-refractivity contribution >= 4 is 23.8 Å². The molecule has 12 nitrogen and oxygen atoms in total. The molecule has 0 bridgehead atoms. The number of carbonyl (C=O) groups excluding carboxylic acids is 4. The van der Waals surface area contributed by atoms with E-state index in [1.54, 1.807) is 0 Å². The van der Waals surface area contributed by atoms with Crippen LogP contribution in [0.4, 0.5) is 0 Å². The quantitative estimate of drug-likeness (QED) is 0.0341. The SMILES string of the molecule is CCCCCCCCC(CCCCCCCC)OC(=O)CCCCCCCN(CCO)CCCCCC(=O)N(C)CCCCCCCC.CCCCCCCCCOC(=O)CCCCCCCN(CCO)CCCCCCCCCC(=O)OC(CCCCCC)CCCCCC. The smallest absolute Gasteiger partial charge is 0.306 e. The van der Waals surface area contributed by atoms with Crippen LogP contribution in [-0.2, 0) is 33.4 Å². The van der Waals surface area contributed by atoms with E-state index in [4.69, 9.17) is 14.2 Å². The van der Waals surface area contributed by atoms with Crippen molar-refractivity contribution in [1.29, 1.82) is 0 Å². The first-order valence-corrected chi connectivity index (χ1v) is 42.5. The molecule has 0 spiro atoms. The minimum Gasteiger partial charge on any atom is -0.466 e. The summed E-state index contributed by atoms with van der Waals surface area (Å²) in [6.45, 7) is 21.0. The van der Waals surface area contributed by atoms with Crippen molar-refractivity contribution in [3.63, 3.8) is 0 Å². The highest BCUT2D eigenvalue weighted by atomic mass is 16.5. The number of amides is 1. The fourth-order valence-electron chi connectivity index (χ4n) is 13.2. The second kappa shape index (κ2) is 80.0. The molecule has 0 rings (SSSR count). The Bertz CT molecular complexity index is 1560. The summed E-state index contributed by atoms with van der Waals surface area (Å²) in [5, 5.41) is 19.0. The molecule has 2 N–H and O–H groups in total. The summed E-state index contributed by atoms with van der Waals surface area (Å²) in [6.07, 6.45) is 70.4. The number of unbranched alkanes of at least 4 members (excludes halogenated alkanes) is 43. The van der Waals surface area contributed by atoms with E-state index in [1.807, 2.05) is 11.9 Å². The third-order valence-corrected chi connectivity index (χ3v) is 19.7. The first-order chi connectivity index (χ1) is 47.0. The predicted molar refractivity (Wildman–Crippen MR) is 411 cm³/mol. The Hall–Kier alpha value is -2.28. The zero-order valence-electron chi connectivity index (χ0n) is 65.5. The van der Waals surface area contributed by atoms with Gasteiger partial charge in [0.05, 0.1) is 19.8 Å². The van der Waals surface area contributed by atoms with Crippen LogP contribution in [0.5, 0.6) is 0 Å². The fraction of sp³-hybridized carbons (Fsp3) is 0.952. The molecule has 0 aliphatic carbocycles. The number of carbonyl (C=O) groups is 4. The van der Waals surface area contributed by atoms with Crippen LogP contribution in [0.3, 0.4) is 0 Å². The van der Waals surface area contributed by atoms with E-state index < -0.39 is 0 Å². The Morgan fingerprint density at radius 2 is 0.510 bits per heavy atom. The molecule has 96 heavy (non-hydrogen) atoms. The van der Waals surface area contributed by atoms with E-state index in [1.165, 1.54) is 238 Å². The summed E-state index contributed by atoms with van der Waals surface area (Å²) >= 11 is 0. The predicted octanol–water partition coefficient (Wildman–Crippen LogP) is 23.3. The van der Waals surface area contributed by atoms with E-state index in [-0.39, 0.29) is 49.2 Å². The molecule has 0 aromatic rings. The van der Waals surface area contributed by atoms with Crippen molar-refractivity contribution in [2.24, 2.45) is 0 Å². The fourth-order valence-corrected chi connectivity index (χ4v) is 13.2. The van der Waals surface area contributed by atoms with Crippen molar-refractivity contribution in [3.05, 3.63) is 0 Å². The second-order valence-electron chi connectivity index (χ2n) is 29.2. The molecule has 0 saturated heterocycles. The lowest BCUT2D eigenvalue weighted by atomic mass is 10.0. The zero-order valence-corrected chi connectivity index (χ0v) is 65.5. The molecular weight excluding hydrogens is 1190 g/mol. The molecule has 1 amide bonds. The van der Waals surface area contributed by atoms with E-state index in [2.05, 4.69) is 51.3 Å². The maximum Gasteiger partial charge on any atom is 0.306 e. The lowest BCUT2D eigenvalue weighted by molar-refractivity contribution is -0.151. The van der Waals surface area contributed by atoms with Gasteiger partial charge in [0, 0.05) is 52.4 Å². The molecule has 0 saturated carbocycles. The van der Waals surface area contributed by atoms with Gasteiger partial charge in [-0.2, -0.15) is 0 Å². The molecule has 0 radical (unpaired) electrons. The van der Waals surface area contributed by atoms with Gasteiger partial charge in [0.1, 0.15) is 12.2 Å². The van der Waals surface area contributed by atoms with E-state index >= 15 is 0 Å². The van der Waals surface area contributed by atoms with Crippen LogP contribution in [0.25, 0.3) is 0 Å². The van der Waals surface area contributed by atoms with E-state index in [0.717, 1.165) is 174 Å². The number of aliphatic hydroxyl groups is 2. The number of aliphatic hydroxyl groups excluding tert-OH is 2. The van der Waals surface area contributed by atoms with Gasteiger partial charge in [-0.3, -0.25) is 19.2 Å². The Kier molecular flexibility index (Phi) is 79.8. The minimum absolute atomic E-state index is 0.0113. The van der Waals surface area contributed by atoms with Crippen LogP contribution >= 0.6 is 0 Å². The number of hydrogen-bond donors (Lipinski definition) is 2. The standard InChI is InChI=1S/C42H84N2O4.C42H83NO5/c1-5-8-11-14-18-24-31-40(32-25-19-15-12-9-6-2)48-42(47)34-27-20-17-22-29-36-44(38-39-45)37-30-23-26-33-41(46)43(4)35-28-21-16-13-10-7-3;1-4-7-10-13-17-23-30-39-47-41(45)33-26-20-18-22-29-36-43(37-38-44)35-28-21-16-14-15-19-27-34-42(46)48-40(31-24-11-8-5-2)32-25-12-9-6-3/h40,45H,5-39H2,1-4H3;40,44H,4-39H2,1-3H3. The Balaban J connectivity index is 0. The Morgan fingerprint density at radius 3 is 0.833 bits per heavy atom. The summed E-state index contributed by atoms with van der Waals surface area (Å²) in [4.78, 5) is 56.3. The van der Waals surface area contributed by atoms with Gasteiger partial charge < -0.3 is 39.1 Å². The van der Waals surface area contributed by atoms with E-state index in [0.29, 0.717) is 32.3 Å². The van der Waals surface area contributed by atoms with Gasteiger partial charge in [0.25, 0.3) is 0 Å². The highest BCUT2D eigenvalue weighted by Crippen LogP contribution is 2.21. The minimum atomic E-state index is -0.0277. The number of hydrogen-bond acceptors (Lipinski definition) is 11. The maximum atomic E-state index is 12.7. The molecule has 0 fully saturated rings. The molecule has 0 atom stereocenters. The van der Waals surface area contributed by atoms with Crippen molar-refractivity contribution in [2.45, 2.75) is 445 Å². The van der Waals surface area contributed by atoms with Crippen LogP contribution in [0.1, 0.15) is 433 Å². The summed E-state index contributed by atoms with van der Waals surface area (Å²) < 4.78 is 17.3. The van der Waals surface area contributed by atoms with Crippen LogP contribution in [-0.4, -0.2) is 134 Å². The largest absolute Gasteiger partial charge is 0.466 e. The third kappa shape index (κ3) is 73.0. The molecule has 0 aromatic carbocycles. The van der Waals surface area contributed by atoms with Crippen molar-refractivity contribution in [1.82, 2.24) is 14.7 Å². The highest BCUT2D eigenvalue weighted by molar-refractivity contribution is 5.75. The van der Waals surface area contributed by atoms with Gasteiger partial charge in [-0.1, -0.05) is 292 Å². The third-order valence-electron chi connectivity index (χ3n) is 19.7. The topological polar surface area (TPSA) is 146 Å².